The maximum atomic E-state index is 12.7. The van der Waals surface area contributed by atoms with Gasteiger partial charge in [-0.05, 0) is 49.2 Å². The van der Waals surface area contributed by atoms with Crippen LogP contribution < -0.4 is 19.7 Å². The molecule has 1 fully saturated rings. The first kappa shape index (κ1) is 19.8. The van der Waals surface area contributed by atoms with Crippen molar-refractivity contribution >= 4 is 17.6 Å². The lowest BCUT2D eigenvalue weighted by Gasteiger charge is -2.29. The van der Waals surface area contributed by atoms with Crippen molar-refractivity contribution in [3.8, 4) is 23.0 Å². The van der Waals surface area contributed by atoms with Gasteiger partial charge in [-0.1, -0.05) is 17.2 Å². The number of rotatable bonds is 6. The summed E-state index contributed by atoms with van der Waals surface area (Å²) in [6.45, 7) is 1.35. The lowest BCUT2D eigenvalue weighted by molar-refractivity contribution is -0.120. The molecule has 2 aromatic carbocycles. The molecule has 0 spiro atoms. The zero-order valence-corrected chi connectivity index (χ0v) is 17.0. The number of nitrogens with zero attached hydrogens (tertiary/aromatic N) is 3. The van der Waals surface area contributed by atoms with E-state index in [1.807, 2.05) is 53.4 Å². The van der Waals surface area contributed by atoms with Gasteiger partial charge in [0, 0.05) is 24.6 Å². The maximum Gasteiger partial charge on any atom is 0.318 e. The molecular formula is C22H24N4O4. The highest BCUT2D eigenvalue weighted by molar-refractivity contribution is 5.94. The molecule has 4 rings (SSSR count). The Bertz CT molecular complexity index is 994. The van der Waals surface area contributed by atoms with E-state index < -0.39 is 0 Å². The fourth-order valence-corrected chi connectivity index (χ4v) is 3.51. The molecule has 0 atom stereocenters. The van der Waals surface area contributed by atoms with Gasteiger partial charge in [-0.2, -0.15) is 0 Å². The van der Waals surface area contributed by atoms with E-state index in [-0.39, 0.29) is 11.8 Å². The van der Waals surface area contributed by atoms with E-state index in [0.717, 1.165) is 11.3 Å². The summed E-state index contributed by atoms with van der Waals surface area (Å²) in [4.78, 5) is 14.7. The molecule has 156 valence electrons. The van der Waals surface area contributed by atoms with Crippen molar-refractivity contribution in [1.29, 1.82) is 0 Å². The molecule has 3 aromatic rings. The van der Waals surface area contributed by atoms with Crippen LogP contribution >= 0.6 is 0 Å². The number of methoxy groups -OCH3 is 2. The van der Waals surface area contributed by atoms with Crippen LogP contribution in [0.2, 0.25) is 0 Å². The number of benzene rings is 2. The third-order valence-electron chi connectivity index (χ3n) is 5.25. The highest BCUT2D eigenvalue weighted by Crippen LogP contribution is 2.29. The number of piperidine rings is 1. The second-order valence-corrected chi connectivity index (χ2v) is 7.07. The Hall–Kier alpha value is -3.55. The second kappa shape index (κ2) is 8.86. The van der Waals surface area contributed by atoms with Crippen LogP contribution in [0.3, 0.4) is 0 Å². The summed E-state index contributed by atoms with van der Waals surface area (Å²) in [5, 5.41) is 11.3. The van der Waals surface area contributed by atoms with E-state index in [1.54, 1.807) is 14.2 Å². The zero-order chi connectivity index (χ0) is 20.9. The van der Waals surface area contributed by atoms with E-state index in [2.05, 4.69) is 15.5 Å². The Labute approximate surface area is 174 Å². The lowest BCUT2D eigenvalue weighted by atomic mass is 9.96. The highest BCUT2D eigenvalue weighted by Gasteiger charge is 2.28. The number of nitrogens with one attached hydrogen (secondary N) is 1. The van der Waals surface area contributed by atoms with Crippen molar-refractivity contribution in [3.63, 3.8) is 0 Å². The molecule has 0 aliphatic carbocycles. The van der Waals surface area contributed by atoms with Gasteiger partial charge in [0.2, 0.25) is 11.8 Å². The summed E-state index contributed by atoms with van der Waals surface area (Å²) in [5.41, 5.74) is 1.52. The number of aromatic nitrogens is 2. The minimum atomic E-state index is -0.0739. The molecule has 2 heterocycles. The van der Waals surface area contributed by atoms with Crippen LogP contribution in [0, 0.1) is 5.92 Å². The Morgan fingerprint density at radius 3 is 2.47 bits per heavy atom. The van der Waals surface area contributed by atoms with Gasteiger partial charge in [0.15, 0.2) is 0 Å². The van der Waals surface area contributed by atoms with Gasteiger partial charge < -0.3 is 24.1 Å². The van der Waals surface area contributed by atoms with Gasteiger partial charge in [-0.3, -0.25) is 4.79 Å². The third kappa shape index (κ3) is 4.22. The Morgan fingerprint density at radius 1 is 1.03 bits per heavy atom. The first-order chi connectivity index (χ1) is 14.7. The smallest absolute Gasteiger partial charge is 0.318 e. The number of hydrogen-bond acceptors (Lipinski definition) is 7. The average molecular weight is 408 g/mol. The Kier molecular flexibility index (Phi) is 5.83. The minimum Gasteiger partial charge on any atom is -0.497 e. The van der Waals surface area contributed by atoms with Crippen LogP contribution in [0.4, 0.5) is 11.7 Å². The van der Waals surface area contributed by atoms with E-state index in [0.29, 0.717) is 49.3 Å². The van der Waals surface area contributed by atoms with Crippen LogP contribution in [-0.2, 0) is 4.79 Å². The van der Waals surface area contributed by atoms with Crippen LogP contribution in [0.5, 0.6) is 11.5 Å². The molecule has 0 unspecified atom stereocenters. The number of anilines is 2. The van der Waals surface area contributed by atoms with Gasteiger partial charge in [-0.25, -0.2) is 0 Å². The van der Waals surface area contributed by atoms with Crippen LogP contribution in [-0.4, -0.2) is 43.4 Å². The molecule has 1 amide bonds. The first-order valence-corrected chi connectivity index (χ1v) is 9.84. The van der Waals surface area contributed by atoms with E-state index >= 15 is 0 Å². The molecule has 0 bridgehead atoms. The maximum absolute atomic E-state index is 12.7. The molecule has 30 heavy (non-hydrogen) atoms. The predicted octanol–water partition coefficient (Wildman–Crippen LogP) is 3.61. The number of carbonyl (C=O) groups is 1. The number of para-hydroxylation sites is 2. The fraction of sp³-hybridized carbons (Fsp3) is 0.318. The second-order valence-electron chi connectivity index (χ2n) is 7.07. The number of ether oxygens (including phenoxy) is 2. The van der Waals surface area contributed by atoms with Gasteiger partial charge in [0.1, 0.15) is 11.5 Å². The summed E-state index contributed by atoms with van der Waals surface area (Å²) in [6, 6.07) is 15.3. The Balaban J connectivity index is 1.35. The molecule has 1 aliphatic heterocycles. The summed E-state index contributed by atoms with van der Waals surface area (Å²) >= 11 is 0. The topological polar surface area (TPSA) is 89.7 Å². The van der Waals surface area contributed by atoms with Crippen LogP contribution in [0.15, 0.2) is 52.9 Å². The summed E-state index contributed by atoms with van der Waals surface area (Å²) in [5.74, 6) is 1.81. The molecule has 1 aliphatic rings. The lowest BCUT2D eigenvalue weighted by Crippen LogP contribution is -2.38. The summed E-state index contributed by atoms with van der Waals surface area (Å²) in [7, 11) is 3.22. The van der Waals surface area contributed by atoms with Gasteiger partial charge in [0.25, 0.3) is 0 Å². The van der Waals surface area contributed by atoms with Crippen molar-refractivity contribution in [2.75, 3.05) is 37.5 Å². The van der Waals surface area contributed by atoms with E-state index in [4.69, 9.17) is 13.9 Å². The number of carbonyl (C=O) groups excluding carboxylic acids is 1. The highest BCUT2D eigenvalue weighted by atomic mass is 16.5. The predicted molar refractivity (Wildman–Crippen MR) is 113 cm³/mol. The molecule has 0 saturated carbocycles. The molecule has 1 N–H and O–H groups in total. The number of amides is 1. The number of hydrogen-bond donors (Lipinski definition) is 1. The van der Waals surface area contributed by atoms with Gasteiger partial charge in [-0.15, -0.1) is 5.10 Å². The SMILES string of the molecule is COc1ccc(-c2nnc(N3CCC(C(=O)Nc4ccccc4OC)CC3)o2)cc1. The molecule has 1 aromatic heterocycles. The van der Waals surface area contributed by atoms with Crippen molar-refractivity contribution in [1.82, 2.24) is 10.2 Å². The minimum absolute atomic E-state index is 0.00333. The average Bonchev–Trinajstić information content (AvgIpc) is 3.30. The van der Waals surface area contributed by atoms with Gasteiger partial charge in [0.05, 0.1) is 19.9 Å². The zero-order valence-electron chi connectivity index (χ0n) is 17.0. The molecule has 0 radical (unpaired) electrons. The quantitative estimate of drug-likeness (QED) is 0.666. The normalized spacial score (nSPS) is 14.4. The molecular weight excluding hydrogens is 384 g/mol. The van der Waals surface area contributed by atoms with Gasteiger partial charge >= 0.3 is 6.01 Å². The van der Waals surface area contributed by atoms with Crippen LogP contribution in [0.1, 0.15) is 12.8 Å². The first-order valence-electron chi connectivity index (χ1n) is 9.84. The molecule has 8 nitrogen and oxygen atoms in total. The van der Waals surface area contributed by atoms with Crippen LogP contribution in [0.25, 0.3) is 11.5 Å². The summed E-state index contributed by atoms with van der Waals surface area (Å²) in [6.07, 6.45) is 1.42. The molecule has 1 saturated heterocycles. The summed E-state index contributed by atoms with van der Waals surface area (Å²) < 4.78 is 16.3. The standard InChI is InChI=1S/C22H24N4O4/c1-28-17-9-7-16(8-10-17)21-24-25-22(30-21)26-13-11-15(12-14-26)20(27)23-18-5-3-4-6-19(18)29-2/h3-10,15H,11-14H2,1-2H3,(H,23,27). The van der Waals surface area contributed by atoms with Crippen molar-refractivity contribution in [3.05, 3.63) is 48.5 Å². The largest absolute Gasteiger partial charge is 0.497 e. The van der Waals surface area contributed by atoms with Crippen molar-refractivity contribution in [2.24, 2.45) is 5.92 Å². The van der Waals surface area contributed by atoms with E-state index in [9.17, 15) is 4.79 Å². The molecule has 8 heteroatoms. The van der Waals surface area contributed by atoms with E-state index in [1.165, 1.54) is 0 Å². The third-order valence-corrected chi connectivity index (χ3v) is 5.25. The van der Waals surface area contributed by atoms with Crippen molar-refractivity contribution in [2.45, 2.75) is 12.8 Å². The fourth-order valence-electron chi connectivity index (χ4n) is 3.51. The monoisotopic (exact) mass is 408 g/mol. The Morgan fingerprint density at radius 2 is 1.77 bits per heavy atom. The van der Waals surface area contributed by atoms with Crippen molar-refractivity contribution < 1.29 is 18.7 Å².